The van der Waals surface area contributed by atoms with Crippen molar-refractivity contribution in [3.63, 3.8) is 0 Å². The summed E-state index contributed by atoms with van der Waals surface area (Å²) in [6, 6.07) is 16.4. The van der Waals surface area contributed by atoms with Gasteiger partial charge in [0.2, 0.25) is 0 Å². The molecule has 0 radical (unpaired) electrons. The molecule has 2 saturated heterocycles. The second kappa shape index (κ2) is 11.0. The summed E-state index contributed by atoms with van der Waals surface area (Å²) >= 11 is 6.81. The Labute approximate surface area is 248 Å². The molecule has 2 aliphatic rings. The highest BCUT2D eigenvalue weighted by Crippen LogP contribution is 2.46. The largest absolute Gasteiger partial charge is 0.506 e. The second-order valence-electron chi connectivity index (χ2n) is 11.2. The molecule has 2 fully saturated rings. The fourth-order valence-corrected chi connectivity index (χ4v) is 6.65. The molecule has 0 unspecified atom stereocenters. The van der Waals surface area contributed by atoms with E-state index < -0.39 is 0 Å². The molecule has 0 aliphatic carbocycles. The maximum atomic E-state index is 10.8. The number of fused-ring (bicyclic) bond motifs is 4. The van der Waals surface area contributed by atoms with Crippen molar-refractivity contribution in [3.8, 4) is 29.0 Å². The van der Waals surface area contributed by atoms with Gasteiger partial charge in [-0.1, -0.05) is 35.9 Å². The highest BCUT2D eigenvalue weighted by atomic mass is 35.5. The van der Waals surface area contributed by atoms with Crippen LogP contribution in [0.3, 0.4) is 0 Å². The number of hydrogen-bond donors (Lipinski definition) is 2. The number of likely N-dealkylation sites (tertiary alicyclic amines) is 1. The number of ether oxygens (including phenoxy) is 1. The van der Waals surface area contributed by atoms with Crippen LogP contribution in [0.1, 0.15) is 19.3 Å². The molecule has 2 atom stereocenters. The molecule has 4 heterocycles. The lowest BCUT2D eigenvalue weighted by atomic mass is 9.94. The average molecular weight is 583 g/mol. The Kier molecular flexibility index (Phi) is 6.98. The van der Waals surface area contributed by atoms with Gasteiger partial charge in [0.05, 0.1) is 34.7 Å². The summed E-state index contributed by atoms with van der Waals surface area (Å²) in [5, 5.41) is 27.3. The van der Waals surface area contributed by atoms with Crippen molar-refractivity contribution in [2.45, 2.75) is 31.3 Å². The number of nitriles is 1. The van der Waals surface area contributed by atoms with Crippen molar-refractivity contribution in [2.24, 2.45) is 0 Å². The standard InChI is InChI=1S/C32H31ClN6O3/c1-38-12-4-6-21(38)18-42-32-36-25-16-24(27-22-7-3-2-5-19(22)15-26(40)29(27)33)23-9-14-41-30(23)28(25)31(37-32)39-13-11-35-20(17-39)8-10-34/h2-3,5,7,9,14-16,20-21,35,40H,4,6,8,11-13,17-18H2,1H3/t20-,21-/m0/s1. The molecule has 0 amide bonds. The lowest BCUT2D eigenvalue weighted by Gasteiger charge is -2.34. The number of anilines is 1. The highest BCUT2D eigenvalue weighted by Gasteiger charge is 2.28. The minimum absolute atomic E-state index is 0.0135. The summed E-state index contributed by atoms with van der Waals surface area (Å²) in [6.07, 6.45) is 4.28. The number of aromatic nitrogens is 2. The van der Waals surface area contributed by atoms with Gasteiger partial charge in [-0.25, -0.2) is 0 Å². The zero-order chi connectivity index (χ0) is 28.8. The predicted octanol–water partition coefficient (Wildman–Crippen LogP) is 5.72. The second-order valence-corrected chi connectivity index (χ2v) is 11.5. The Morgan fingerprint density at radius 3 is 2.90 bits per heavy atom. The van der Waals surface area contributed by atoms with Crippen molar-refractivity contribution in [1.82, 2.24) is 20.2 Å². The fraction of sp³-hybridized carbons (Fsp3) is 0.344. The molecule has 214 valence electrons. The number of nitrogens with zero attached hydrogens (tertiary/aromatic N) is 5. The normalized spacial score (nSPS) is 19.6. The Morgan fingerprint density at radius 2 is 2.07 bits per heavy atom. The molecule has 9 nitrogen and oxygen atoms in total. The summed E-state index contributed by atoms with van der Waals surface area (Å²) in [5.41, 5.74) is 2.81. The Balaban J connectivity index is 1.44. The average Bonchev–Trinajstić information content (AvgIpc) is 3.65. The number of benzene rings is 3. The quantitative estimate of drug-likeness (QED) is 0.260. The van der Waals surface area contributed by atoms with Crippen molar-refractivity contribution < 1.29 is 14.3 Å². The van der Waals surface area contributed by atoms with Gasteiger partial charge < -0.3 is 29.4 Å². The number of rotatable bonds is 6. The molecule has 2 aliphatic heterocycles. The molecule has 5 aromatic rings. The van der Waals surface area contributed by atoms with Crippen molar-refractivity contribution >= 4 is 50.1 Å². The molecule has 7 rings (SSSR count). The fourth-order valence-electron chi connectivity index (χ4n) is 6.39. The van der Waals surface area contributed by atoms with E-state index in [1.54, 1.807) is 12.3 Å². The van der Waals surface area contributed by atoms with E-state index in [-0.39, 0.29) is 16.8 Å². The Hall–Kier alpha value is -4.10. The first-order chi connectivity index (χ1) is 20.5. The number of hydrogen-bond acceptors (Lipinski definition) is 9. The van der Waals surface area contributed by atoms with E-state index in [4.69, 9.17) is 30.7 Å². The third-order valence-corrected chi connectivity index (χ3v) is 8.95. The van der Waals surface area contributed by atoms with Gasteiger partial charge in [-0.05, 0) is 61.0 Å². The predicted molar refractivity (Wildman–Crippen MR) is 164 cm³/mol. The van der Waals surface area contributed by atoms with E-state index in [0.717, 1.165) is 58.9 Å². The number of furan rings is 1. The summed E-state index contributed by atoms with van der Waals surface area (Å²) in [7, 11) is 2.12. The van der Waals surface area contributed by atoms with E-state index in [2.05, 4.69) is 28.2 Å². The van der Waals surface area contributed by atoms with E-state index in [9.17, 15) is 10.4 Å². The van der Waals surface area contributed by atoms with Crippen molar-refractivity contribution in [3.05, 3.63) is 53.8 Å². The molecule has 0 spiro atoms. The monoisotopic (exact) mass is 582 g/mol. The number of phenols is 1. The SMILES string of the molecule is CN1CCC[C@H]1COc1nc(N2CCN[C@@H](CC#N)C2)c2c(cc(-c3c(Cl)c(O)cc4ccccc34)c3ccoc32)n1. The van der Waals surface area contributed by atoms with Gasteiger partial charge in [0.25, 0.3) is 0 Å². The third-order valence-electron chi connectivity index (χ3n) is 8.57. The van der Waals surface area contributed by atoms with Crippen LogP contribution in [0.5, 0.6) is 11.8 Å². The van der Waals surface area contributed by atoms with Crippen LogP contribution in [0.25, 0.3) is 43.8 Å². The molecule has 10 heteroatoms. The Bertz CT molecular complexity index is 1850. The number of phenolic OH excluding ortho intramolecular Hbond substituents is 1. The van der Waals surface area contributed by atoms with Gasteiger partial charge in [0, 0.05) is 42.7 Å². The lowest BCUT2D eigenvalue weighted by molar-refractivity contribution is 0.188. The number of halogens is 1. The zero-order valence-corrected chi connectivity index (χ0v) is 24.1. The van der Waals surface area contributed by atoms with E-state index in [1.165, 1.54) is 0 Å². The number of likely N-dealkylation sites (N-methyl/N-ethyl adjacent to an activating group) is 1. The van der Waals surface area contributed by atoms with E-state index in [1.807, 2.05) is 36.4 Å². The smallest absolute Gasteiger partial charge is 0.319 e. The van der Waals surface area contributed by atoms with Crippen molar-refractivity contribution in [2.75, 3.05) is 44.7 Å². The van der Waals surface area contributed by atoms with Gasteiger partial charge in [0.1, 0.15) is 23.8 Å². The molecule has 2 aromatic heterocycles. The van der Waals surface area contributed by atoms with Crippen LogP contribution >= 0.6 is 11.6 Å². The molecular formula is C32H31ClN6O3. The van der Waals surface area contributed by atoms with Gasteiger partial charge in [0.15, 0.2) is 0 Å². The molecule has 3 aromatic carbocycles. The zero-order valence-electron chi connectivity index (χ0n) is 23.3. The van der Waals surface area contributed by atoms with Crippen LogP contribution in [0.2, 0.25) is 5.02 Å². The molecule has 2 N–H and O–H groups in total. The topological polar surface area (TPSA) is 111 Å². The molecule has 0 saturated carbocycles. The number of nitrogens with one attached hydrogen (secondary N) is 1. The summed E-state index contributed by atoms with van der Waals surface area (Å²) in [6.45, 7) is 3.62. The van der Waals surface area contributed by atoms with Gasteiger partial charge in [-0.3, -0.25) is 0 Å². The van der Waals surface area contributed by atoms with E-state index in [0.29, 0.717) is 54.8 Å². The van der Waals surface area contributed by atoms with Crippen molar-refractivity contribution in [1.29, 1.82) is 5.26 Å². The number of piperazine rings is 1. The molecular weight excluding hydrogens is 552 g/mol. The van der Waals surface area contributed by atoms with Crippen LogP contribution in [-0.4, -0.2) is 71.9 Å². The minimum Gasteiger partial charge on any atom is -0.506 e. The maximum absolute atomic E-state index is 10.8. The van der Waals surface area contributed by atoms with Crippen LogP contribution in [0.15, 0.2) is 53.1 Å². The molecule has 42 heavy (non-hydrogen) atoms. The highest BCUT2D eigenvalue weighted by molar-refractivity contribution is 6.37. The summed E-state index contributed by atoms with van der Waals surface area (Å²) < 4.78 is 12.4. The van der Waals surface area contributed by atoms with Gasteiger partial charge >= 0.3 is 6.01 Å². The first-order valence-electron chi connectivity index (χ1n) is 14.3. The first kappa shape index (κ1) is 26.8. The minimum atomic E-state index is 0.0135. The number of aromatic hydroxyl groups is 1. The maximum Gasteiger partial charge on any atom is 0.319 e. The van der Waals surface area contributed by atoms with Crippen LogP contribution < -0.4 is 15.0 Å². The van der Waals surface area contributed by atoms with Gasteiger partial charge in [-0.2, -0.15) is 15.2 Å². The third kappa shape index (κ3) is 4.66. The summed E-state index contributed by atoms with van der Waals surface area (Å²) in [4.78, 5) is 14.4. The van der Waals surface area contributed by atoms with Crippen LogP contribution in [-0.2, 0) is 0 Å². The van der Waals surface area contributed by atoms with Crippen LogP contribution in [0, 0.1) is 11.3 Å². The van der Waals surface area contributed by atoms with Gasteiger partial charge in [-0.15, -0.1) is 0 Å². The lowest BCUT2D eigenvalue weighted by Crippen LogP contribution is -2.51. The summed E-state index contributed by atoms with van der Waals surface area (Å²) in [5.74, 6) is 0.733. The first-order valence-corrected chi connectivity index (χ1v) is 14.7. The Morgan fingerprint density at radius 1 is 1.19 bits per heavy atom. The molecule has 0 bridgehead atoms. The van der Waals surface area contributed by atoms with E-state index >= 15 is 0 Å². The van der Waals surface area contributed by atoms with Crippen LogP contribution in [0.4, 0.5) is 5.82 Å².